The molecule has 84 valence electrons. The molecule has 0 spiro atoms. The molecule has 3 aromatic rings. The molecular formula is C13H3B8N. The zero-order valence-electron chi connectivity index (χ0n) is 12.1. The van der Waals surface area contributed by atoms with Gasteiger partial charge in [-0.3, -0.25) is 0 Å². The molecule has 3 rings (SSSR count). The second kappa shape index (κ2) is 4.88. The van der Waals surface area contributed by atoms with E-state index in [2.05, 4.69) is 0 Å². The maximum absolute atomic E-state index is 6.13. The first-order valence-electron chi connectivity index (χ1n) is 6.45. The third-order valence-corrected chi connectivity index (χ3v) is 4.18. The van der Waals surface area contributed by atoms with Crippen LogP contribution in [-0.2, 0) is 7.05 Å². The summed E-state index contributed by atoms with van der Waals surface area (Å²) in [5.74, 6) is 0. The number of hydrogen-bond donors (Lipinski definition) is 0. The molecule has 0 aliphatic carbocycles. The first-order chi connectivity index (χ1) is 10.2. The van der Waals surface area contributed by atoms with Gasteiger partial charge in [0.05, 0.1) is 0 Å². The monoisotopic (exact) mass is 261 g/mol. The first kappa shape index (κ1) is 15.6. The van der Waals surface area contributed by atoms with Crippen LogP contribution in [0.2, 0.25) is 0 Å². The average Bonchev–Trinajstić information content (AvgIpc) is 2.80. The molecule has 0 bridgehead atoms. The number of nitrogens with zero attached hydrogens (tertiary/aromatic N) is 1. The van der Waals surface area contributed by atoms with Crippen LogP contribution in [0.25, 0.3) is 21.8 Å². The van der Waals surface area contributed by atoms with E-state index in [9.17, 15) is 0 Å². The van der Waals surface area contributed by atoms with Gasteiger partial charge in [0, 0.05) is 18.1 Å². The Kier molecular flexibility index (Phi) is 3.47. The van der Waals surface area contributed by atoms with Crippen molar-refractivity contribution in [2.45, 2.75) is 0 Å². The fourth-order valence-corrected chi connectivity index (χ4v) is 2.94. The van der Waals surface area contributed by atoms with Crippen LogP contribution in [0.4, 0.5) is 0 Å². The minimum atomic E-state index is 0.200. The highest BCUT2D eigenvalue weighted by Crippen LogP contribution is 2.20. The standard InChI is InChI=1S/C13H3B8N/c1-22-12-2(4(14)6(16)8(18)10(12)20)3-5(15)7(17)9(19)11(21)13(3)22/h1H3. The number of rotatable bonds is 0. The summed E-state index contributed by atoms with van der Waals surface area (Å²) in [6.07, 6.45) is 0. The fourth-order valence-electron chi connectivity index (χ4n) is 2.94. The van der Waals surface area contributed by atoms with Crippen molar-refractivity contribution in [2.24, 2.45) is 7.05 Å². The molecule has 22 heavy (non-hydrogen) atoms. The summed E-state index contributed by atoms with van der Waals surface area (Å²) in [6.45, 7) is 0. The molecule has 0 amide bonds. The van der Waals surface area contributed by atoms with Gasteiger partial charge in [0.15, 0.2) is 0 Å². The van der Waals surface area contributed by atoms with Crippen LogP contribution in [0.5, 0.6) is 0 Å². The second-order valence-corrected chi connectivity index (χ2v) is 5.32. The molecule has 0 fully saturated rings. The van der Waals surface area contributed by atoms with Crippen LogP contribution in [0.3, 0.4) is 0 Å². The van der Waals surface area contributed by atoms with Crippen molar-refractivity contribution >= 4 is 128 Å². The van der Waals surface area contributed by atoms with Crippen molar-refractivity contribution in [1.82, 2.24) is 4.57 Å². The fraction of sp³-hybridized carbons (Fsp3) is 0.0769. The lowest BCUT2D eigenvalue weighted by atomic mass is 9.63. The van der Waals surface area contributed by atoms with Crippen LogP contribution in [0.15, 0.2) is 0 Å². The molecule has 2 aromatic carbocycles. The number of fused-ring (bicyclic) bond motifs is 3. The molecule has 0 aliphatic heterocycles. The Bertz CT molecular complexity index is 895. The van der Waals surface area contributed by atoms with Gasteiger partial charge in [-0.05, 0) is 10.8 Å². The maximum Gasteiger partial charge on any atom is 0.115 e. The summed E-state index contributed by atoms with van der Waals surface area (Å²) < 4.78 is 1.74. The van der Waals surface area contributed by atoms with Gasteiger partial charge < -0.3 is 4.57 Å². The summed E-state index contributed by atoms with van der Waals surface area (Å²) in [7, 11) is 50.0. The van der Waals surface area contributed by atoms with E-state index in [1.165, 1.54) is 0 Å². The largest absolute Gasteiger partial charge is 0.345 e. The Morgan fingerprint density at radius 1 is 0.455 bits per heavy atom. The van der Waals surface area contributed by atoms with E-state index in [-0.39, 0.29) is 32.8 Å². The van der Waals surface area contributed by atoms with Crippen LogP contribution in [-0.4, -0.2) is 67.3 Å². The number of aromatic nitrogens is 1. The molecule has 9 heteroatoms. The third kappa shape index (κ3) is 1.71. The van der Waals surface area contributed by atoms with Gasteiger partial charge in [0.2, 0.25) is 0 Å². The maximum atomic E-state index is 6.13. The van der Waals surface area contributed by atoms with Crippen molar-refractivity contribution in [1.29, 1.82) is 0 Å². The SMILES string of the molecule is [B]c1c([B])c([B])c2c(c1[B])c1c([B])c([B])c([B])c([B])c1n2C. The van der Waals surface area contributed by atoms with Crippen molar-refractivity contribution < 1.29 is 0 Å². The zero-order chi connectivity index (χ0) is 16.5. The van der Waals surface area contributed by atoms with Crippen molar-refractivity contribution in [3.05, 3.63) is 0 Å². The predicted molar refractivity (Wildman–Crippen MR) is 104 cm³/mol. The molecule has 0 aliphatic rings. The first-order valence-corrected chi connectivity index (χ1v) is 6.45. The molecule has 0 atom stereocenters. The van der Waals surface area contributed by atoms with Crippen LogP contribution >= 0.6 is 0 Å². The molecule has 16 radical (unpaired) electrons. The van der Waals surface area contributed by atoms with Gasteiger partial charge >= 0.3 is 0 Å². The van der Waals surface area contributed by atoms with E-state index >= 15 is 0 Å². The molecule has 1 heterocycles. The van der Waals surface area contributed by atoms with E-state index in [0.717, 1.165) is 0 Å². The highest BCUT2D eigenvalue weighted by atomic mass is 14.9. The summed E-state index contributed by atoms with van der Waals surface area (Å²) in [5, 5.41) is 1.13. The van der Waals surface area contributed by atoms with Crippen LogP contribution in [0.1, 0.15) is 0 Å². The topological polar surface area (TPSA) is 4.93 Å². The minimum Gasteiger partial charge on any atom is -0.345 e. The van der Waals surface area contributed by atoms with Gasteiger partial charge in [-0.1, -0.05) is 21.9 Å². The molecule has 0 saturated heterocycles. The summed E-state index contributed by atoms with van der Waals surface area (Å²) in [4.78, 5) is 0. The number of hydrogen-bond acceptors (Lipinski definition) is 0. The Morgan fingerprint density at radius 2 is 0.727 bits per heavy atom. The van der Waals surface area contributed by atoms with E-state index in [1.807, 2.05) is 0 Å². The third-order valence-electron chi connectivity index (χ3n) is 4.18. The molecule has 0 N–H and O–H groups in total. The average molecular weight is 260 g/mol. The van der Waals surface area contributed by atoms with Crippen LogP contribution < -0.4 is 43.7 Å². The Balaban J connectivity index is 2.81. The molecule has 1 nitrogen and oxygen atoms in total. The lowest BCUT2D eigenvalue weighted by Crippen LogP contribution is -2.49. The van der Waals surface area contributed by atoms with Gasteiger partial charge in [0.25, 0.3) is 0 Å². The molecular weight excluding hydrogens is 257 g/mol. The minimum absolute atomic E-state index is 0.200. The van der Waals surface area contributed by atoms with Gasteiger partial charge in [-0.2, -0.15) is 0 Å². The van der Waals surface area contributed by atoms with Gasteiger partial charge in [-0.15, -0.1) is 21.9 Å². The zero-order valence-corrected chi connectivity index (χ0v) is 12.1. The molecule has 0 saturated carbocycles. The summed E-state index contributed by atoms with van der Waals surface area (Å²) >= 11 is 0. The van der Waals surface area contributed by atoms with Crippen molar-refractivity contribution in [3.63, 3.8) is 0 Å². The Morgan fingerprint density at radius 3 is 1.05 bits per heavy atom. The molecule has 1 aromatic heterocycles. The number of benzene rings is 2. The Labute approximate surface area is 140 Å². The second-order valence-electron chi connectivity index (χ2n) is 5.32. The van der Waals surface area contributed by atoms with E-state index in [0.29, 0.717) is 32.7 Å². The Hall–Kier alpha value is -1.24. The van der Waals surface area contributed by atoms with E-state index in [4.69, 9.17) is 62.8 Å². The lowest BCUT2D eigenvalue weighted by molar-refractivity contribution is 1.02. The summed E-state index contributed by atoms with van der Waals surface area (Å²) in [6, 6.07) is 0. The van der Waals surface area contributed by atoms with Crippen molar-refractivity contribution in [3.8, 4) is 0 Å². The van der Waals surface area contributed by atoms with Crippen LogP contribution in [0, 0.1) is 0 Å². The van der Waals surface area contributed by atoms with Gasteiger partial charge in [-0.25, -0.2) is 0 Å². The lowest BCUT2D eigenvalue weighted by Gasteiger charge is -2.15. The van der Waals surface area contributed by atoms with Crippen molar-refractivity contribution in [2.75, 3.05) is 0 Å². The van der Waals surface area contributed by atoms with E-state index in [1.54, 1.807) is 11.6 Å². The van der Waals surface area contributed by atoms with Gasteiger partial charge in [0.1, 0.15) is 62.8 Å². The number of aryl methyl sites for hydroxylation is 1. The smallest absolute Gasteiger partial charge is 0.115 e. The summed E-state index contributed by atoms with van der Waals surface area (Å²) in [5.41, 5.74) is 3.17. The predicted octanol–water partition coefficient (Wildman–Crippen LogP) is -6.32. The normalized spacial score (nSPS) is 11.5. The van der Waals surface area contributed by atoms with E-state index < -0.39 is 0 Å². The quantitative estimate of drug-likeness (QED) is 0.354. The highest BCUT2D eigenvalue weighted by molar-refractivity contribution is 6.71. The highest BCUT2D eigenvalue weighted by Gasteiger charge is 2.19. The molecule has 0 unspecified atom stereocenters.